The number of phenols is 1. The summed E-state index contributed by atoms with van der Waals surface area (Å²) in [5, 5.41) is 44.3. The van der Waals surface area contributed by atoms with E-state index in [1.54, 1.807) is 19.1 Å². The molecule has 1 aromatic carbocycles. The summed E-state index contributed by atoms with van der Waals surface area (Å²) in [6.45, 7) is 2.79. The van der Waals surface area contributed by atoms with Crippen LogP contribution in [0.3, 0.4) is 0 Å². The number of ketones is 2. The van der Waals surface area contributed by atoms with E-state index in [0.29, 0.717) is 5.56 Å². The Kier molecular flexibility index (Phi) is 5.53. The van der Waals surface area contributed by atoms with Gasteiger partial charge in [0, 0.05) is 18.4 Å². The maximum atomic E-state index is 13.9. The van der Waals surface area contributed by atoms with Crippen LogP contribution in [0.1, 0.15) is 30.9 Å². The lowest BCUT2D eigenvalue weighted by molar-refractivity contribution is -0.184. The first-order valence-electron chi connectivity index (χ1n) is 10.9. The molecule has 0 aromatic heterocycles. The summed E-state index contributed by atoms with van der Waals surface area (Å²) in [4.78, 5) is 52.8. The van der Waals surface area contributed by atoms with Crippen molar-refractivity contribution >= 4 is 29.2 Å². The normalized spacial score (nSPS) is 32.2. The number of esters is 1. The number of carbonyl (C=O) groups excluding carboxylic acids is 4. The van der Waals surface area contributed by atoms with Gasteiger partial charge in [0.15, 0.2) is 11.4 Å². The zero-order valence-electron chi connectivity index (χ0n) is 19.5. The number of Topliss-reactive ketones (excluding diaryl/α,β-unsaturated/α-hetero) is 2. The number of aliphatic hydroxyl groups is 3. The van der Waals surface area contributed by atoms with Gasteiger partial charge in [0.05, 0.1) is 17.5 Å². The number of ether oxygens (including phenoxy) is 1. The van der Waals surface area contributed by atoms with Gasteiger partial charge in [-0.3, -0.25) is 24.1 Å². The largest absolute Gasteiger partial charge is 0.508 e. The van der Waals surface area contributed by atoms with Crippen molar-refractivity contribution in [2.24, 2.45) is 17.6 Å². The molecule has 0 bridgehead atoms. The van der Waals surface area contributed by atoms with Crippen LogP contribution < -0.4 is 5.73 Å². The first kappa shape index (κ1) is 24.4. The standard InChI is InChI=1S/C24H26N2O9/c1-8-10-6-5-7-11(28)13(10)18(29)14-12(8)20(35-9(2)27)16-17(26(3)4)19(30)15(23(25)33)22(32)24(16,34)21(14)31/h5-8,12,16-17,20,28-29,32,34H,1-4H3,(H2,25,33)/t8-,12+,16-,17+,20-,24+/m0/s1. The van der Waals surface area contributed by atoms with Crippen LogP contribution in [0.15, 0.2) is 35.1 Å². The Hall–Kier alpha value is -3.70. The molecule has 11 heteroatoms. The number of likely N-dealkylation sites (N-methyl/N-ethyl adjacent to an activating group) is 1. The van der Waals surface area contributed by atoms with Gasteiger partial charge in [0.1, 0.15) is 28.9 Å². The smallest absolute Gasteiger partial charge is 0.302 e. The highest BCUT2D eigenvalue weighted by Gasteiger charge is 2.69. The summed E-state index contributed by atoms with van der Waals surface area (Å²) in [6, 6.07) is 3.08. The summed E-state index contributed by atoms with van der Waals surface area (Å²) in [5.41, 5.74) is 1.43. The minimum atomic E-state index is -2.94. The fraction of sp³-hybridized carbons (Fsp3) is 0.417. The van der Waals surface area contributed by atoms with Crippen LogP contribution in [0.4, 0.5) is 0 Å². The summed E-state index contributed by atoms with van der Waals surface area (Å²) in [7, 11) is 2.92. The van der Waals surface area contributed by atoms with Crippen LogP contribution in [-0.2, 0) is 23.9 Å². The van der Waals surface area contributed by atoms with Gasteiger partial charge >= 0.3 is 5.97 Å². The monoisotopic (exact) mass is 486 g/mol. The first-order chi connectivity index (χ1) is 16.3. The molecular formula is C24H26N2O9. The molecule has 3 aliphatic carbocycles. The molecule has 1 saturated carbocycles. The van der Waals surface area contributed by atoms with E-state index in [0.717, 1.165) is 6.92 Å². The number of aromatic hydroxyl groups is 1. The second-order valence-electron chi connectivity index (χ2n) is 9.37. The lowest BCUT2D eigenvalue weighted by atomic mass is 9.54. The van der Waals surface area contributed by atoms with Crippen molar-refractivity contribution in [3.05, 3.63) is 46.2 Å². The van der Waals surface area contributed by atoms with E-state index < -0.39 is 81.6 Å². The van der Waals surface area contributed by atoms with E-state index in [2.05, 4.69) is 0 Å². The Balaban J connectivity index is 2.12. The Bertz CT molecular complexity index is 1250. The number of benzene rings is 1. The number of amides is 1. The number of carbonyl (C=O) groups is 4. The zero-order valence-corrected chi connectivity index (χ0v) is 19.5. The van der Waals surface area contributed by atoms with E-state index in [1.165, 1.54) is 25.1 Å². The van der Waals surface area contributed by atoms with Gasteiger partial charge in [0.25, 0.3) is 5.91 Å². The van der Waals surface area contributed by atoms with Gasteiger partial charge in [-0.2, -0.15) is 0 Å². The van der Waals surface area contributed by atoms with Crippen molar-refractivity contribution in [2.45, 2.75) is 37.5 Å². The molecule has 186 valence electrons. The second-order valence-corrected chi connectivity index (χ2v) is 9.37. The molecule has 35 heavy (non-hydrogen) atoms. The summed E-state index contributed by atoms with van der Waals surface area (Å²) < 4.78 is 5.59. The molecule has 3 aliphatic rings. The van der Waals surface area contributed by atoms with E-state index in [1.807, 2.05) is 0 Å². The third kappa shape index (κ3) is 3.11. The summed E-state index contributed by atoms with van der Waals surface area (Å²) in [6.07, 6.45) is -1.40. The average Bonchev–Trinajstić information content (AvgIpc) is 2.75. The van der Waals surface area contributed by atoms with Crippen LogP contribution in [0.25, 0.3) is 5.76 Å². The van der Waals surface area contributed by atoms with E-state index in [-0.39, 0.29) is 11.3 Å². The first-order valence-corrected chi connectivity index (χ1v) is 10.9. The maximum Gasteiger partial charge on any atom is 0.302 e. The van der Waals surface area contributed by atoms with Gasteiger partial charge in [-0.15, -0.1) is 0 Å². The van der Waals surface area contributed by atoms with Crippen LogP contribution in [0, 0.1) is 11.8 Å². The molecule has 1 aromatic rings. The molecule has 0 unspecified atom stereocenters. The van der Waals surface area contributed by atoms with Crippen molar-refractivity contribution in [1.29, 1.82) is 0 Å². The fourth-order valence-corrected chi connectivity index (χ4v) is 5.88. The van der Waals surface area contributed by atoms with Crippen LogP contribution >= 0.6 is 0 Å². The number of nitrogens with two attached hydrogens (primary N) is 1. The van der Waals surface area contributed by atoms with Gasteiger partial charge in [0.2, 0.25) is 5.78 Å². The molecule has 1 amide bonds. The molecular weight excluding hydrogens is 460 g/mol. The van der Waals surface area contributed by atoms with E-state index in [9.17, 15) is 39.6 Å². The average molecular weight is 486 g/mol. The number of nitrogens with zero attached hydrogens (tertiary/aromatic N) is 1. The van der Waals surface area contributed by atoms with Gasteiger partial charge < -0.3 is 30.9 Å². The summed E-state index contributed by atoms with van der Waals surface area (Å²) in [5.74, 6) is -9.79. The second kappa shape index (κ2) is 7.92. The Labute approximate surface area is 200 Å². The molecule has 4 rings (SSSR count). The lowest BCUT2D eigenvalue weighted by Crippen LogP contribution is -2.71. The lowest BCUT2D eigenvalue weighted by Gasteiger charge is -2.54. The number of primary amides is 1. The maximum absolute atomic E-state index is 13.9. The van der Waals surface area contributed by atoms with Crippen molar-refractivity contribution < 1.29 is 44.3 Å². The Morgan fingerprint density at radius 1 is 1.14 bits per heavy atom. The van der Waals surface area contributed by atoms with Crippen molar-refractivity contribution in [3.8, 4) is 5.75 Å². The predicted octanol–water partition coefficient (Wildman–Crippen LogP) is 0.0666. The molecule has 0 heterocycles. The van der Waals surface area contributed by atoms with Crippen LogP contribution in [-0.4, -0.2) is 80.6 Å². The van der Waals surface area contributed by atoms with Gasteiger partial charge in [-0.05, 0) is 31.6 Å². The number of aliphatic hydroxyl groups excluding tert-OH is 2. The highest BCUT2D eigenvalue weighted by molar-refractivity contribution is 6.24. The Morgan fingerprint density at radius 2 is 1.77 bits per heavy atom. The SMILES string of the molecule is CC(=O)O[C@H]1[C@H]2C(=C(O)c3c(O)cccc3[C@@H]2C)C(=O)[C@@]2(O)C(O)=C(C(N)=O)C(=O)[C@H](N(C)C)[C@@H]12. The quantitative estimate of drug-likeness (QED) is 0.289. The molecule has 6 N–H and O–H groups in total. The minimum Gasteiger partial charge on any atom is -0.508 e. The van der Waals surface area contributed by atoms with Crippen LogP contribution in [0.5, 0.6) is 5.75 Å². The number of phenolic OH excluding ortho intramolecular Hbond substituents is 1. The predicted molar refractivity (Wildman–Crippen MR) is 120 cm³/mol. The topological polar surface area (TPSA) is 188 Å². The molecule has 1 fully saturated rings. The Morgan fingerprint density at radius 3 is 2.31 bits per heavy atom. The van der Waals surface area contributed by atoms with Gasteiger partial charge in [-0.25, -0.2) is 0 Å². The molecule has 0 spiro atoms. The van der Waals surface area contributed by atoms with E-state index in [4.69, 9.17) is 10.5 Å². The minimum absolute atomic E-state index is 0.0436. The third-order valence-electron chi connectivity index (χ3n) is 7.27. The highest BCUT2D eigenvalue weighted by Crippen LogP contribution is 2.56. The molecule has 0 radical (unpaired) electrons. The number of fused-ring (bicyclic) bond motifs is 3. The molecule has 6 atom stereocenters. The zero-order chi connectivity index (χ0) is 26.1. The molecule has 0 aliphatic heterocycles. The molecule has 0 saturated heterocycles. The van der Waals surface area contributed by atoms with Crippen molar-refractivity contribution in [1.82, 2.24) is 4.90 Å². The fourth-order valence-electron chi connectivity index (χ4n) is 5.88. The summed E-state index contributed by atoms with van der Waals surface area (Å²) >= 11 is 0. The van der Waals surface area contributed by atoms with Crippen LogP contribution in [0.2, 0.25) is 0 Å². The number of rotatable bonds is 3. The number of hydrogen-bond donors (Lipinski definition) is 5. The molecule has 11 nitrogen and oxygen atoms in total. The van der Waals surface area contributed by atoms with Crippen molar-refractivity contribution in [3.63, 3.8) is 0 Å². The highest BCUT2D eigenvalue weighted by atomic mass is 16.5. The van der Waals surface area contributed by atoms with Gasteiger partial charge in [-0.1, -0.05) is 19.1 Å². The third-order valence-corrected chi connectivity index (χ3v) is 7.27. The van der Waals surface area contributed by atoms with E-state index >= 15 is 0 Å². The van der Waals surface area contributed by atoms with Crippen molar-refractivity contribution in [2.75, 3.05) is 14.1 Å². The number of hydrogen-bond acceptors (Lipinski definition) is 10.